The fraction of sp³-hybridized carbons (Fsp3) is 0.391. The van der Waals surface area contributed by atoms with Crippen molar-refractivity contribution in [2.75, 3.05) is 13.1 Å². The van der Waals surface area contributed by atoms with Gasteiger partial charge in [0.05, 0.1) is 0 Å². The highest BCUT2D eigenvalue weighted by atomic mass is 16.2. The van der Waals surface area contributed by atoms with Crippen LogP contribution in [-0.4, -0.2) is 35.3 Å². The number of hydrogen-bond donors (Lipinski definition) is 1. The van der Waals surface area contributed by atoms with Crippen LogP contribution in [0.25, 0.3) is 0 Å². The van der Waals surface area contributed by atoms with Gasteiger partial charge in [-0.2, -0.15) is 0 Å². The Kier molecular flexibility index (Phi) is 4.60. The Bertz CT molecular complexity index is 890. The van der Waals surface area contributed by atoms with Gasteiger partial charge in [0.25, 0.3) is 5.91 Å². The van der Waals surface area contributed by atoms with Crippen LogP contribution >= 0.6 is 0 Å². The number of benzene rings is 2. The number of rotatable bonds is 3. The summed E-state index contributed by atoms with van der Waals surface area (Å²) in [5.74, 6) is -0.0368. The lowest BCUT2D eigenvalue weighted by Crippen LogP contribution is -2.50. The maximum atomic E-state index is 12.6. The van der Waals surface area contributed by atoms with Gasteiger partial charge in [-0.3, -0.25) is 14.7 Å². The number of aryl methyl sites for hydroxylation is 3. The third kappa shape index (κ3) is 3.67. The lowest BCUT2D eigenvalue weighted by molar-refractivity contribution is -0.115. The minimum absolute atomic E-state index is 0.0368. The summed E-state index contributed by atoms with van der Waals surface area (Å²) in [6.07, 6.45) is 1.72. The molecule has 0 aliphatic carbocycles. The van der Waals surface area contributed by atoms with Crippen LogP contribution in [0.3, 0.4) is 0 Å². The largest absolute Gasteiger partial charge is 0.326 e. The maximum Gasteiger partial charge on any atom is 0.272 e. The highest BCUT2D eigenvalue weighted by Gasteiger charge is 2.42. The molecule has 0 bridgehead atoms. The van der Waals surface area contributed by atoms with E-state index in [-0.39, 0.29) is 5.91 Å². The smallest absolute Gasteiger partial charge is 0.272 e. The molecule has 0 saturated carbocycles. The van der Waals surface area contributed by atoms with Gasteiger partial charge in [0.2, 0.25) is 0 Å². The number of likely N-dealkylation sites (tertiary alicyclic amines) is 1. The van der Waals surface area contributed by atoms with E-state index in [1.165, 1.54) is 22.3 Å². The highest BCUT2D eigenvalue weighted by Crippen LogP contribution is 2.29. The van der Waals surface area contributed by atoms with E-state index < -0.39 is 5.66 Å². The summed E-state index contributed by atoms with van der Waals surface area (Å²) in [7, 11) is 0. The zero-order valence-corrected chi connectivity index (χ0v) is 16.4. The van der Waals surface area contributed by atoms with Crippen LogP contribution in [0.5, 0.6) is 0 Å². The number of nitrogens with zero attached hydrogens (tertiary/aromatic N) is 2. The van der Waals surface area contributed by atoms with Crippen molar-refractivity contribution in [1.29, 1.82) is 0 Å². The van der Waals surface area contributed by atoms with Gasteiger partial charge < -0.3 is 5.32 Å². The van der Waals surface area contributed by atoms with E-state index in [2.05, 4.69) is 67.4 Å². The quantitative estimate of drug-likeness (QED) is 0.909. The van der Waals surface area contributed by atoms with Crippen LogP contribution in [0.2, 0.25) is 0 Å². The second kappa shape index (κ2) is 6.93. The van der Waals surface area contributed by atoms with Gasteiger partial charge in [0.15, 0.2) is 0 Å². The van der Waals surface area contributed by atoms with Gasteiger partial charge in [-0.25, -0.2) is 0 Å². The van der Waals surface area contributed by atoms with Crippen molar-refractivity contribution in [2.45, 2.75) is 45.8 Å². The van der Waals surface area contributed by atoms with Crippen molar-refractivity contribution < 1.29 is 4.79 Å². The van der Waals surface area contributed by atoms with Crippen molar-refractivity contribution in [3.8, 4) is 0 Å². The molecular weight excluding hydrogens is 334 g/mol. The van der Waals surface area contributed by atoms with Crippen molar-refractivity contribution >= 4 is 11.6 Å². The van der Waals surface area contributed by atoms with Crippen LogP contribution < -0.4 is 5.32 Å². The molecule has 0 radical (unpaired) electrons. The first-order valence-electron chi connectivity index (χ1n) is 9.72. The Morgan fingerprint density at radius 2 is 1.70 bits per heavy atom. The van der Waals surface area contributed by atoms with Crippen LogP contribution in [0.1, 0.15) is 40.7 Å². The standard InChI is InChI=1S/C23H27N3O/c1-16-4-7-19(8-5-16)15-26-12-10-23(11-13-26)24-21(22(27)25-23)20-9-6-17(2)18(3)14-20/h4-9,14H,10-13,15H2,1-3H3,(H,25,27). The molecule has 1 spiro atoms. The van der Waals surface area contributed by atoms with Crippen LogP contribution in [0, 0.1) is 20.8 Å². The molecule has 4 nitrogen and oxygen atoms in total. The van der Waals surface area contributed by atoms with Crippen LogP contribution in [-0.2, 0) is 11.3 Å². The van der Waals surface area contributed by atoms with Crippen molar-refractivity contribution in [3.05, 3.63) is 70.3 Å². The third-order valence-electron chi connectivity index (χ3n) is 5.88. The molecule has 4 heteroatoms. The first-order chi connectivity index (χ1) is 12.9. The minimum Gasteiger partial charge on any atom is -0.326 e. The number of nitrogens with one attached hydrogen (secondary N) is 1. The topological polar surface area (TPSA) is 44.7 Å². The molecule has 0 atom stereocenters. The molecule has 2 aromatic carbocycles. The molecule has 1 saturated heterocycles. The van der Waals surface area contributed by atoms with E-state index in [1.807, 2.05) is 6.07 Å². The average molecular weight is 361 g/mol. The van der Waals surface area contributed by atoms with Gasteiger partial charge in [-0.1, -0.05) is 42.0 Å². The van der Waals surface area contributed by atoms with Crippen molar-refractivity contribution in [2.24, 2.45) is 4.99 Å². The molecule has 1 fully saturated rings. The van der Waals surface area contributed by atoms with Gasteiger partial charge >= 0.3 is 0 Å². The van der Waals surface area contributed by atoms with E-state index in [0.717, 1.165) is 38.0 Å². The Hall–Kier alpha value is -2.46. The average Bonchev–Trinajstić information content (AvgIpc) is 2.98. The van der Waals surface area contributed by atoms with E-state index >= 15 is 0 Å². The van der Waals surface area contributed by atoms with Gasteiger partial charge in [0.1, 0.15) is 11.4 Å². The lowest BCUT2D eigenvalue weighted by atomic mass is 9.97. The summed E-state index contributed by atoms with van der Waals surface area (Å²) in [6, 6.07) is 14.9. The maximum absolute atomic E-state index is 12.6. The molecule has 1 amide bonds. The number of amides is 1. The summed E-state index contributed by atoms with van der Waals surface area (Å²) in [6.45, 7) is 9.11. The molecule has 1 N–H and O–H groups in total. The van der Waals surface area contributed by atoms with Gasteiger partial charge in [-0.15, -0.1) is 0 Å². The Labute approximate surface area is 161 Å². The minimum atomic E-state index is -0.422. The summed E-state index contributed by atoms with van der Waals surface area (Å²) in [4.78, 5) is 19.9. The first-order valence-corrected chi connectivity index (χ1v) is 9.72. The Morgan fingerprint density at radius 3 is 2.37 bits per heavy atom. The van der Waals surface area contributed by atoms with Crippen molar-refractivity contribution in [1.82, 2.24) is 10.2 Å². The molecule has 2 aliphatic rings. The Morgan fingerprint density at radius 1 is 1.00 bits per heavy atom. The molecule has 140 valence electrons. The van der Waals surface area contributed by atoms with Gasteiger partial charge in [-0.05, 0) is 43.5 Å². The zero-order chi connectivity index (χ0) is 19.0. The fourth-order valence-corrected chi connectivity index (χ4v) is 3.92. The number of hydrogen-bond acceptors (Lipinski definition) is 3. The van der Waals surface area contributed by atoms with Gasteiger partial charge in [0, 0.05) is 38.0 Å². The summed E-state index contributed by atoms with van der Waals surface area (Å²) in [5.41, 5.74) is 6.15. The zero-order valence-electron chi connectivity index (χ0n) is 16.4. The van der Waals surface area contributed by atoms with E-state index in [9.17, 15) is 4.79 Å². The molecule has 4 rings (SSSR count). The summed E-state index contributed by atoms with van der Waals surface area (Å²) < 4.78 is 0. The molecule has 0 aromatic heterocycles. The van der Waals surface area contributed by atoms with E-state index in [4.69, 9.17) is 4.99 Å². The third-order valence-corrected chi connectivity index (χ3v) is 5.88. The number of carbonyl (C=O) groups is 1. The monoisotopic (exact) mass is 361 g/mol. The summed E-state index contributed by atoms with van der Waals surface area (Å²) in [5, 5.41) is 3.17. The molecule has 2 heterocycles. The molecular formula is C23H27N3O. The fourth-order valence-electron chi connectivity index (χ4n) is 3.92. The highest BCUT2D eigenvalue weighted by molar-refractivity contribution is 6.46. The van der Waals surface area contributed by atoms with Crippen molar-refractivity contribution in [3.63, 3.8) is 0 Å². The Balaban J connectivity index is 1.46. The van der Waals surface area contributed by atoms with Crippen LogP contribution in [0.15, 0.2) is 47.5 Å². The predicted octanol–water partition coefficient (Wildman–Crippen LogP) is 3.52. The number of carbonyl (C=O) groups excluding carboxylic acids is 1. The SMILES string of the molecule is Cc1ccc(CN2CCC3(CC2)N=C(c2ccc(C)c(C)c2)C(=O)N3)cc1. The molecule has 2 aliphatic heterocycles. The second-order valence-corrected chi connectivity index (χ2v) is 8.01. The second-order valence-electron chi connectivity index (χ2n) is 8.01. The molecule has 0 unspecified atom stereocenters. The van der Waals surface area contributed by atoms with E-state index in [1.54, 1.807) is 0 Å². The normalized spacial score (nSPS) is 19.2. The lowest BCUT2D eigenvalue weighted by Gasteiger charge is -2.37. The first kappa shape index (κ1) is 17.9. The summed E-state index contributed by atoms with van der Waals surface area (Å²) >= 11 is 0. The van der Waals surface area contributed by atoms with E-state index in [0.29, 0.717) is 5.71 Å². The predicted molar refractivity (Wildman–Crippen MR) is 109 cm³/mol. The molecule has 27 heavy (non-hydrogen) atoms. The number of piperidine rings is 1. The molecule has 2 aromatic rings. The number of aliphatic imine (C=N–C) groups is 1. The van der Waals surface area contributed by atoms with Crippen LogP contribution in [0.4, 0.5) is 0 Å².